The van der Waals surface area contributed by atoms with Crippen LogP contribution in [0.25, 0.3) is 0 Å². The minimum absolute atomic E-state index is 0.407. The van der Waals surface area contributed by atoms with E-state index in [1.807, 2.05) is 0 Å². The predicted molar refractivity (Wildman–Crippen MR) is 85.4 cm³/mol. The second-order valence-electron chi connectivity index (χ2n) is 8.29. The van der Waals surface area contributed by atoms with Crippen molar-refractivity contribution in [3.8, 4) is 0 Å². The van der Waals surface area contributed by atoms with E-state index >= 15 is 0 Å². The van der Waals surface area contributed by atoms with Crippen molar-refractivity contribution in [3.05, 3.63) is 0 Å². The third-order valence-corrected chi connectivity index (χ3v) is 6.46. The van der Waals surface area contributed by atoms with E-state index in [1.54, 1.807) is 0 Å². The van der Waals surface area contributed by atoms with E-state index in [9.17, 15) is 0 Å². The molecule has 2 saturated heterocycles. The summed E-state index contributed by atoms with van der Waals surface area (Å²) in [6.45, 7) is 7.13. The van der Waals surface area contributed by atoms with Crippen LogP contribution in [0.5, 0.6) is 0 Å². The quantitative estimate of drug-likeness (QED) is 0.843. The van der Waals surface area contributed by atoms with E-state index in [4.69, 9.17) is 4.74 Å². The molecule has 3 heteroatoms. The molecule has 2 aliphatic heterocycles. The van der Waals surface area contributed by atoms with Crippen LogP contribution < -0.4 is 5.32 Å². The Balaban J connectivity index is 1.34. The van der Waals surface area contributed by atoms with E-state index in [1.165, 1.54) is 77.5 Å². The first-order valence-electron chi connectivity index (χ1n) is 9.37. The summed E-state index contributed by atoms with van der Waals surface area (Å²) in [5.74, 6) is 2.05. The molecule has 1 N–H and O–H groups in total. The SMILES string of the molecule is C1CCC2CN(CC3(CNC4CC4)CCOC3)CCC2C1. The van der Waals surface area contributed by atoms with Gasteiger partial charge >= 0.3 is 0 Å². The number of piperidine rings is 1. The summed E-state index contributed by atoms with van der Waals surface area (Å²) >= 11 is 0. The van der Waals surface area contributed by atoms with Crippen LogP contribution in [-0.4, -0.2) is 50.3 Å². The fourth-order valence-corrected chi connectivity index (χ4v) is 4.91. The second-order valence-corrected chi connectivity index (χ2v) is 8.29. The molecule has 21 heavy (non-hydrogen) atoms. The van der Waals surface area contributed by atoms with Gasteiger partial charge in [0.2, 0.25) is 0 Å². The first-order valence-corrected chi connectivity index (χ1v) is 9.37. The lowest BCUT2D eigenvalue weighted by Gasteiger charge is -2.44. The largest absolute Gasteiger partial charge is 0.381 e. The van der Waals surface area contributed by atoms with Crippen molar-refractivity contribution in [1.82, 2.24) is 10.2 Å². The lowest BCUT2D eigenvalue weighted by molar-refractivity contribution is 0.0446. The highest BCUT2D eigenvalue weighted by molar-refractivity contribution is 4.94. The predicted octanol–water partition coefficient (Wildman–Crippen LogP) is 2.66. The summed E-state index contributed by atoms with van der Waals surface area (Å²) in [5, 5.41) is 3.78. The Bertz CT molecular complexity index is 349. The normalized spacial score (nSPS) is 41.1. The Hall–Kier alpha value is -0.120. The zero-order valence-corrected chi connectivity index (χ0v) is 13.5. The molecule has 0 amide bonds. The average molecular weight is 292 g/mol. The van der Waals surface area contributed by atoms with Gasteiger partial charge < -0.3 is 15.0 Å². The van der Waals surface area contributed by atoms with E-state index in [2.05, 4.69) is 10.2 Å². The number of fused-ring (bicyclic) bond motifs is 1. The lowest BCUT2D eigenvalue weighted by atomic mass is 9.74. The molecular formula is C18H32N2O. The van der Waals surface area contributed by atoms with Gasteiger partial charge in [0.05, 0.1) is 6.61 Å². The maximum atomic E-state index is 5.79. The number of likely N-dealkylation sites (tertiary alicyclic amines) is 1. The maximum Gasteiger partial charge on any atom is 0.0547 e. The molecule has 4 rings (SSSR count). The van der Waals surface area contributed by atoms with E-state index < -0.39 is 0 Å². The Kier molecular flexibility index (Phi) is 4.25. The van der Waals surface area contributed by atoms with Crippen LogP contribution in [-0.2, 0) is 4.74 Å². The molecule has 2 heterocycles. The summed E-state index contributed by atoms with van der Waals surface area (Å²) in [6.07, 6.45) is 11.5. The zero-order chi connectivity index (χ0) is 14.1. The van der Waals surface area contributed by atoms with Crippen molar-refractivity contribution in [2.24, 2.45) is 17.3 Å². The minimum Gasteiger partial charge on any atom is -0.381 e. The van der Waals surface area contributed by atoms with Crippen LogP contribution in [0.15, 0.2) is 0 Å². The standard InChI is InChI=1S/C18H32N2O/c1-2-4-16-11-20(9-7-15(16)3-1)13-18(8-10-21-14-18)12-19-17-5-6-17/h15-17,19H,1-14H2. The minimum atomic E-state index is 0.407. The number of hydrogen-bond donors (Lipinski definition) is 1. The summed E-state index contributed by atoms with van der Waals surface area (Å²) in [7, 11) is 0. The van der Waals surface area contributed by atoms with Crippen LogP contribution in [0.1, 0.15) is 51.4 Å². The molecule has 2 aliphatic carbocycles. The monoisotopic (exact) mass is 292 g/mol. The molecule has 0 bridgehead atoms. The summed E-state index contributed by atoms with van der Waals surface area (Å²) in [6, 6.07) is 0.826. The Labute approximate surface area is 129 Å². The van der Waals surface area contributed by atoms with Crippen molar-refractivity contribution in [2.75, 3.05) is 39.4 Å². The maximum absolute atomic E-state index is 5.79. The van der Waals surface area contributed by atoms with Crippen LogP contribution >= 0.6 is 0 Å². The molecule has 0 aromatic carbocycles. The molecule has 4 aliphatic rings. The van der Waals surface area contributed by atoms with Gasteiger partial charge in [-0.05, 0) is 50.5 Å². The molecule has 0 spiro atoms. The third kappa shape index (κ3) is 3.46. The van der Waals surface area contributed by atoms with Gasteiger partial charge in [-0.2, -0.15) is 0 Å². The molecule has 2 saturated carbocycles. The van der Waals surface area contributed by atoms with Gasteiger partial charge in [0.1, 0.15) is 0 Å². The van der Waals surface area contributed by atoms with Crippen LogP contribution in [0.4, 0.5) is 0 Å². The number of hydrogen-bond acceptors (Lipinski definition) is 3. The Morgan fingerprint density at radius 2 is 1.90 bits per heavy atom. The highest BCUT2D eigenvalue weighted by Gasteiger charge is 2.40. The number of nitrogens with zero attached hydrogens (tertiary/aromatic N) is 1. The number of nitrogens with one attached hydrogen (secondary N) is 1. The molecular weight excluding hydrogens is 260 g/mol. The van der Waals surface area contributed by atoms with Crippen molar-refractivity contribution in [3.63, 3.8) is 0 Å². The summed E-state index contributed by atoms with van der Waals surface area (Å²) in [4.78, 5) is 2.79. The van der Waals surface area contributed by atoms with Gasteiger partial charge in [0.25, 0.3) is 0 Å². The molecule has 3 nitrogen and oxygen atoms in total. The Morgan fingerprint density at radius 1 is 1.05 bits per heavy atom. The molecule has 120 valence electrons. The first-order chi connectivity index (χ1) is 10.3. The number of ether oxygens (including phenoxy) is 1. The van der Waals surface area contributed by atoms with Crippen LogP contribution in [0, 0.1) is 17.3 Å². The van der Waals surface area contributed by atoms with Crippen molar-refractivity contribution >= 4 is 0 Å². The molecule has 0 aromatic heterocycles. The molecule has 3 atom stereocenters. The molecule has 3 unspecified atom stereocenters. The Morgan fingerprint density at radius 3 is 2.67 bits per heavy atom. The average Bonchev–Trinajstić information content (AvgIpc) is 3.25. The van der Waals surface area contributed by atoms with Gasteiger partial charge in [-0.3, -0.25) is 0 Å². The highest BCUT2D eigenvalue weighted by atomic mass is 16.5. The third-order valence-electron chi connectivity index (χ3n) is 6.46. The number of rotatable bonds is 5. The fourth-order valence-electron chi connectivity index (χ4n) is 4.91. The van der Waals surface area contributed by atoms with Gasteiger partial charge in [0.15, 0.2) is 0 Å². The van der Waals surface area contributed by atoms with Crippen molar-refractivity contribution < 1.29 is 4.74 Å². The lowest BCUT2D eigenvalue weighted by Crippen LogP contribution is -2.50. The second kappa shape index (κ2) is 6.17. The zero-order valence-electron chi connectivity index (χ0n) is 13.5. The van der Waals surface area contributed by atoms with Gasteiger partial charge in [-0.1, -0.05) is 19.3 Å². The van der Waals surface area contributed by atoms with Crippen LogP contribution in [0.2, 0.25) is 0 Å². The van der Waals surface area contributed by atoms with E-state index in [0.717, 1.165) is 31.1 Å². The fraction of sp³-hybridized carbons (Fsp3) is 1.00. The van der Waals surface area contributed by atoms with E-state index in [-0.39, 0.29) is 0 Å². The van der Waals surface area contributed by atoms with E-state index in [0.29, 0.717) is 5.41 Å². The van der Waals surface area contributed by atoms with Crippen molar-refractivity contribution in [2.45, 2.75) is 57.4 Å². The van der Waals surface area contributed by atoms with Crippen molar-refractivity contribution in [1.29, 1.82) is 0 Å². The van der Waals surface area contributed by atoms with Crippen LogP contribution in [0.3, 0.4) is 0 Å². The smallest absolute Gasteiger partial charge is 0.0547 e. The topological polar surface area (TPSA) is 24.5 Å². The van der Waals surface area contributed by atoms with Gasteiger partial charge in [0, 0.05) is 37.7 Å². The molecule has 0 radical (unpaired) electrons. The molecule has 4 fully saturated rings. The summed E-state index contributed by atoms with van der Waals surface area (Å²) in [5.41, 5.74) is 0.407. The van der Waals surface area contributed by atoms with Gasteiger partial charge in [-0.25, -0.2) is 0 Å². The summed E-state index contributed by atoms with van der Waals surface area (Å²) < 4.78 is 5.79. The highest BCUT2D eigenvalue weighted by Crippen LogP contribution is 2.38. The van der Waals surface area contributed by atoms with Gasteiger partial charge in [-0.15, -0.1) is 0 Å². The molecule has 0 aromatic rings. The first kappa shape index (κ1) is 14.5.